The van der Waals surface area contributed by atoms with Crippen LogP contribution in [0, 0.1) is 5.41 Å². The van der Waals surface area contributed by atoms with Crippen molar-refractivity contribution in [3.05, 3.63) is 64.2 Å². The second kappa shape index (κ2) is 5.58. The lowest BCUT2D eigenvalue weighted by Crippen LogP contribution is -2.48. The number of hydrogen-bond donors (Lipinski definition) is 1. The molecule has 0 saturated heterocycles. The van der Waals surface area contributed by atoms with Gasteiger partial charge >= 0.3 is 0 Å². The van der Waals surface area contributed by atoms with Crippen molar-refractivity contribution in [1.82, 2.24) is 4.90 Å². The molecule has 2 unspecified atom stereocenters. The van der Waals surface area contributed by atoms with Crippen molar-refractivity contribution in [3.63, 3.8) is 0 Å². The fourth-order valence-electron chi connectivity index (χ4n) is 4.46. The largest absolute Gasteiger partial charge is 0.508 e. The van der Waals surface area contributed by atoms with E-state index in [9.17, 15) is 9.90 Å². The number of carbonyl (C=O) groups excluding carboxylic acids is 1. The summed E-state index contributed by atoms with van der Waals surface area (Å²) in [4.78, 5) is 14.4. The lowest BCUT2D eigenvalue weighted by Gasteiger charge is -2.42. The van der Waals surface area contributed by atoms with Gasteiger partial charge in [0.2, 0.25) is 0 Å². The third kappa shape index (κ3) is 2.41. The molecule has 0 aromatic heterocycles. The zero-order chi connectivity index (χ0) is 17.8. The summed E-state index contributed by atoms with van der Waals surface area (Å²) in [6, 6.07) is 13.3. The first-order valence-electron chi connectivity index (χ1n) is 8.69. The molecule has 0 amide bonds. The Kier molecular flexibility index (Phi) is 3.71. The molecular weight excluding hydrogens is 334 g/mol. The zero-order valence-electron chi connectivity index (χ0n) is 14.5. The first-order valence-corrected chi connectivity index (χ1v) is 9.07. The lowest BCUT2D eigenvalue weighted by molar-refractivity contribution is -0.116. The number of halogens is 1. The first-order chi connectivity index (χ1) is 11.9. The molecule has 2 aliphatic rings. The number of fused-ring (bicyclic) bond motifs is 1. The first kappa shape index (κ1) is 16.6. The van der Waals surface area contributed by atoms with E-state index in [4.69, 9.17) is 11.6 Å². The number of aldehydes is 1. The van der Waals surface area contributed by atoms with Crippen LogP contribution in [-0.4, -0.2) is 28.4 Å². The highest BCUT2D eigenvalue weighted by Crippen LogP contribution is 2.61. The molecule has 2 atom stereocenters. The molecule has 1 N–H and O–H groups in total. The molecule has 3 nitrogen and oxygen atoms in total. The van der Waals surface area contributed by atoms with Crippen molar-refractivity contribution >= 4 is 17.9 Å². The van der Waals surface area contributed by atoms with Gasteiger partial charge in [-0.3, -0.25) is 4.90 Å². The van der Waals surface area contributed by atoms with E-state index in [0.717, 1.165) is 36.8 Å². The predicted molar refractivity (Wildman–Crippen MR) is 99.0 cm³/mol. The molecule has 2 aromatic carbocycles. The van der Waals surface area contributed by atoms with Crippen LogP contribution in [0.3, 0.4) is 0 Å². The monoisotopic (exact) mass is 355 g/mol. The summed E-state index contributed by atoms with van der Waals surface area (Å²) < 4.78 is 0. The number of phenols is 1. The van der Waals surface area contributed by atoms with Crippen molar-refractivity contribution in [1.29, 1.82) is 0 Å². The van der Waals surface area contributed by atoms with Gasteiger partial charge < -0.3 is 9.90 Å². The Morgan fingerprint density at radius 1 is 1.20 bits per heavy atom. The number of aromatic hydroxyl groups is 1. The maximum atomic E-state index is 12.1. The van der Waals surface area contributed by atoms with Gasteiger partial charge in [0.15, 0.2) is 0 Å². The fourth-order valence-corrected chi connectivity index (χ4v) is 4.65. The minimum atomic E-state index is -0.486. The van der Waals surface area contributed by atoms with E-state index in [1.165, 1.54) is 5.56 Å². The number of benzene rings is 2. The van der Waals surface area contributed by atoms with Gasteiger partial charge in [-0.1, -0.05) is 49.7 Å². The van der Waals surface area contributed by atoms with Crippen molar-refractivity contribution in [3.8, 4) is 5.75 Å². The molecule has 2 aromatic rings. The zero-order valence-corrected chi connectivity index (χ0v) is 15.3. The van der Waals surface area contributed by atoms with Gasteiger partial charge in [-0.05, 0) is 47.6 Å². The number of rotatable bonds is 3. The highest BCUT2D eigenvalue weighted by molar-refractivity contribution is 6.30. The average molecular weight is 356 g/mol. The summed E-state index contributed by atoms with van der Waals surface area (Å²) in [5.74, 6) is 0.218. The highest BCUT2D eigenvalue weighted by Gasteiger charge is 2.66. The normalized spacial score (nSPS) is 27.6. The van der Waals surface area contributed by atoms with E-state index < -0.39 is 5.54 Å². The van der Waals surface area contributed by atoms with Crippen molar-refractivity contribution < 1.29 is 9.90 Å². The molecule has 0 radical (unpaired) electrons. The van der Waals surface area contributed by atoms with Gasteiger partial charge in [0.25, 0.3) is 0 Å². The Labute approximate surface area is 153 Å². The van der Waals surface area contributed by atoms with Crippen LogP contribution < -0.4 is 0 Å². The van der Waals surface area contributed by atoms with Crippen LogP contribution in [0.1, 0.15) is 43.0 Å². The number of carbonyl (C=O) groups is 1. The number of phenolic OH excluding ortho intramolecular Hbond substituents is 1. The maximum Gasteiger partial charge on any atom is 0.140 e. The molecule has 25 heavy (non-hydrogen) atoms. The topological polar surface area (TPSA) is 40.5 Å². The van der Waals surface area contributed by atoms with Gasteiger partial charge in [-0.25, -0.2) is 0 Å². The van der Waals surface area contributed by atoms with E-state index in [2.05, 4.69) is 30.9 Å². The third-order valence-electron chi connectivity index (χ3n) is 6.03. The average Bonchev–Trinajstić information content (AvgIpc) is 3.18. The van der Waals surface area contributed by atoms with E-state index in [0.29, 0.717) is 5.02 Å². The lowest BCUT2D eigenvalue weighted by atomic mass is 9.85. The van der Waals surface area contributed by atoms with Crippen molar-refractivity contribution in [2.24, 2.45) is 5.41 Å². The minimum Gasteiger partial charge on any atom is -0.508 e. The van der Waals surface area contributed by atoms with Crippen molar-refractivity contribution in [2.45, 2.75) is 38.3 Å². The third-order valence-corrected chi connectivity index (χ3v) is 6.27. The molecule has 0 bridgehead atoms. The Balaban J connectivity index is 1.91. The van der Waals surface area contributed by atoms with Gasteiger partial charge in [0.05, 0.1) is 11.6 Å². The number of hydrogen-bond acceptors (Lipinski definition) is 3. The fraction of sp³-hybridized carbons (Fsp3) is 0.381. The van der Waals surface area contributed by atoms with E-state index >= 15 is 0 Å². The molecule has 1 heterocycles. The smallest absolute Gasteiger partial charge is 0.140 e. The number of nitrogens with zero attached hydrogens (tertiary/aromatic N) is 1. The summed E-state index contributed by atoms with van der Waals surface area (Å²) in [6.45, 7) is 5.06. The Hall–Kier alpha value is -1.84. The molecule has 1 fully saturated rings. The summed E-state index contributed by atoms with van der Waals surface area (Å²) in [5, 5.41) is 11.1. The van der Waals surface area contributed by atoms with Crippen molar-refractivity contribution in [2.75, 3.05) is 6.54 Å². The van der Waals surface area contributed by atoms with Crippen LogP contribution in [0.15, 0.2) is 42.5 Å². The quantitative estimate of drug-likeness (QED) is 0.831. The molecule has 1 aliphatic carbocycles. The minimum absolute atomic E-state index is 0.0620. The van der Waals surface area contributed by atoms with Gasteiger partial charge in [0, 0.05) is 17.1 Å². The SMILES string of the molecule is CC1(C)CC1(C=O)N1CCc2ccccc2C1c1cc(Cl)ccc1O. The maximum absolute atomic E-state index is 12.1. The Morgan fingerprint density at radius 3 is 2.60 bits per heavy atom. The van der Waals surface area contributed by atoms with Gasteiger partial charge in [0.1, 0.15) is 12.0 Å². The van der Waals surface area contributed by atoms with Crippen LogP contribution in [0.2, 0.25) is 5.02 Å². The summed E-state index contributed by atoms with van der Waals surface area (Å²) in [5.41, 5.74) is 2.63. The van der Waals surface area contributed by atoms with Crippen LogP contribution in [0.5, 0.6) is 5.75 Å². The molecule has 1 saturated carbocycles. The molecule has 130 valence electrons. The molecular formula is C21H22ClNO2. The molecule has 4 heteroatoms. The molecule has 4 rings (SSSR count). The van der Waals surface area contributed by atoms with E-state index in [-0.39, 0.29) is 17.2 Å². The predicted octanol–water partition coefficient (Wildman–Crippen LogP) is 4.36. The highest BCUT2D eigenvalue weighted by atomic mass is 35.5. The van der Waals surface area contributed by atoms with Crippen LogP contribution in [0.25, 0.3) is 0 Å². The van der Waals surface area contributed by atoms with Gasteiger partial charge in [-0.15, -0.1) is 0 Å². The van der Waals surface area contributed by atoms with Crippen LogP contribution >= 0.6 is 11.6 Å². The molecule has 1 aliphatic heterocycles. The summed E-state index contributed by atoms with van der Waals surface area (Å²) in [7, 11) is 0. The van der Waals surface area contributed by atoms with E-state index in [1.807, 2.05) is 18.2 Å². The van der Waals surface area contributed by atoms with Crippen LogP contribution in [-0.2, 0) is 11.2 Å². The summed E-state index contributed by atoms with van der Waals surface area (Å²) >= 11 is 6.23. The van der Waals surface area contributed by atoms with Gasteiger partial charge in [-0.2, -0.15) is 0 Å². The van der Waals surface area contributed by atoms with Crippen LogP contribution in [0.4, 0.5) is 0 Å². The summed E-state index contributed by atoms with van der Waals surface area (Å²) in [6.07, 6.45) is 2.85. The van der Waals surface area contributed by atoms with E-state index in [1.54, 1.807) is 12.1 Å². The standard InChI is InChI=1S/C21H22ClNO2/c1-20(2)12-21(20,13-24)23-10-9-14-5-3-4-6-16(14)19(23)17-11-15(22)7-8-18(17)25/h3-8,11,13,19,25H,9-10,12H2,1-2H3. The second-order valence-electron chi connectivity index (χ2n) is 7.85. The Bertz CT molecular complexity index is 848. The Morgan fingerprint density at radius 2 is 1.92 bits per heavy atom. The molecule has 0 spiro atoms. The second-order valence-corrected chi connectivity index (χ2v) is 8.29.